The van der Waals surface area contributed by atoms with E-state index in [-0.39, 0.29) is 11.7 Å². The fourth-order valence-electron chi connectivity index (χ4n) is 2.85. The molecule has 0 atom stereocenters. The normalized spacial score (nSPS) is 10.5. The molecule has 6 heteroatoms. The first kappa shape index (κ1) is 19.5. The lowest BCUT2D eigenvalue weighted by atomic mass is 10.1. The molecule has 0 saturated heterocycles. The van der Waals surface area contributed by atoms with E-state index in [4.69, 9.17) is 0 Å². The topological polar surface area (TPSA) is 58.1 Å². The van der Waals surface area contributed by atoms with Gasteiger partial charge in [-0.15, -0.1) is 0 Å². The van der Waals surface area contributed by atoms with Gasteiger partial charge in [-0.05, 0) is 30.5 Å². The van der Waals surface area contributed by atoms with Gasteiger partial charge in [-0.3, -0.25) is 4.79 Å². The van der Waals surface area contributed by atoms with E-state index >= 15 is 0 Å². The van der Waals surface area contributed by atoms with Crippen LogP contribution in [-0.2, 0) is 13.0 Å². The van der Waals surface area contributed by atoms with Gasteiger partial charge in [-0.25, -0.2) is 14.4 Å². The lowest BCUT2D eigenvalue weighted by molar-refractivity contribution is 0.0751. The van der Waals surface area contributed by atoms with E-state index < -0.39 is 0 Å². The Balaban J connectivity index is 1.56. The molecule has 0 saturated carbocycles. The predicted molar refractivity (Wildman–Crippen MR) is 107 cm³/mol. The second kappa shape index (κ2) is 9.60. The third-order valence-corrected chi connectivity index (χ3v) is 4.42. The van der Waals surface area contributed by atoms with Crippen LogP contribution >= 0.6 is 0 Å². The number of hydrogen-bond donors (Lipinski definition) is 1. The highest BCUT2D eigenvalue weighted by Gasteiger charge is 2.15. The van der Waals surface area contributed by atoms with Gasteiger partial charge >= 0.3 is 0 Å². The Morgan fingerprint density at radius 2 is 1.71 bits per heavy atom. The molecule has 1 heterocycles. The highest BCUT2D eigenvalue weighted by Crippen LogP contribution is 2.11. The van der Waals surface area contributed by atoms with Crippen molar-refractivity contribution in [2.45, 2.75) is 19.9 Å². The Bertz CT molecular complexity index is 900. The monoisotopic (exact) mass is 378 g/mol. The van der Waals surface area contributed by atoms with E-state index in [1.807, 2.05) is 43.3 Å². The molecule has 0 radical (unpaired) electrons. The minimum absolute atomic E-state index is 0.107. The van der Waals surface area contributed by atoms with Crippen molar-refractivity contribution >= 4 is 11.9 Å². The minimum atomic E-state index is -0.218. The van der Waals surface area contributed by atoms with Crippen LogP contribution in [0.3, 0.4) is 0 Å². The van der Waals surface area contributed by atoms with Crippen molar-refractivity contribution in [3.63, 3.8) is 0 Å². The number of hydrogen-bond acceptors (Lipinski definition) is 4. The van der Waals surface area contributed by atoms with Gasteiger partial charge in [-0.1, -0.05) is 48.5 Å². The van der Waals surface area contributed by atoms with E-state index in [1.54, 1.807) is 17.0 Å². The molecule has 1 N–H and O–H groups in total. The molecule has 0 aliphatic rings. The average Bonchev–Trinajstić information content (AvgIpc) is 2.74. The number of anilines is 1. The molecule has 144 valence electrons. The summed E-state index contributed by atoms with van der Waals surface area (Å²) in [6.45, 7) is 3.58. The molecule has 2 aromatic carbocycles. The SMILES string of the molecule is CCN(Cc1ccccc1)C(=O)c1cnc(NCCc2ccccc2F)nc1. The lowest BCUT2D eigenvalue weighted by Crippen LogP contribution is -2.30. The van der Waals surface area contributed by atoms with Crippen molar-refractivity contribution in [2.75, 3.05) is 18.4 Å². The van der Waals surface area contributed by atoms with Crippen molar-refractivity contribution in [3.8, 4) is 0 Å². The standard InChI is InChI=1S/C22H23FN4O/c1-2-27(16-17-8-4-3-5-9-17)21(28)19-14-25-22(26-15-19)24-13-12-18-10-6-7-11-20(18)23/h3-11,14-15H,2,12-13,16H2,1H3,(H,24,25,26). The van der Waals surface area contributed by atoms with Gasteiger partial charge in [0.2, 0.25) is 5.95 Å². The van der Waals surface area contributed by atoms with Crippen LogP contribution in [0.15, 0.2) is 67.0 Å². The molecule has 0 fully saturated rings. The Hall–Kier alpha value is -3.28. The van der Waals surface area contributed by atoms with Crippen molar-refractivity contribution in [1.82, 2.24) is 14.9 Å². The summed E-state index contributed by atoms with van der Waals surface area (Å²) in [6.07, 6.45) is 3.57. The first-order valence-electron chi connectivity index (χ1n) is 9.30. The summed E-state index contributed by atoms with van der Waals surface area (Å²) in [7, 11) is 0. The van der Waals surface area contributed by atoms with Gasteiger partial charge in [0.25, 0.3) is 5.91 Å². The van der Waals surface area contributed by atoms with Crippen LogP contribution in [0.1, 0.15) is 28.4 Å². The van der Waals surface area contributed by atoms with E-state index in [0.29, 0.717) is 43.1 Å². The van der Waals surface area contributed by atoms with E-state index in [0.717, 1.165) is 5.56 Å². The van der Waals surface area contributed by atoms with Crippen LogP contribution in [0.25, 0.3) is 0 Å². The molecule has 0 spiro atoms. The van der Waals surface area contributed by atoms with Crippen LogP contribution in [0, 0.1) is 5.82 Å². The van der Waals surface area contributed by atoms with E-state index in [1.165, 1.54) is 18.5 Å². The fraction of sp³-hybridized carbons (Fsp3) is 0.227. The number of nitrogens with one attached hydrogen (secondary N) is 1. The zero-order valence-electron chi connectivity index (χ0n) is 15.8. The summed E-state index contributed by atoms with van der Waals surface area (Å²) in [4.78, 5) is 22.9. The fourth-order valence-corrected chi connectivity index (χ4v) is 2.85. The van der Waals surface area contributed by atoms with Crippen molar-refractivity contribution in [1.29, 1.82) is 0 Å². The first-order chi connectivity index (χ1) is 13.7. The molecular formula is C22H23FN4O. The van der Waals surface area contributed by atoms with Gasteiger partial charge in [0, 0.05) is 32.0 Å². The van der Waals surface area contributed by atoms with Crippen LogP contribution in [0.2, 0.25) is 0 Å². The average molecular weight is 378 g/mol. The van der Waals surface area contributed by atoms with Gasteiger partial charge in [0.05, 0.1) is 5.56 Å². The Morgan fingerprint density at radius 3 is 2.39 bits per heavy atom. The number of carbonyl (C=O) groups is 1. The van der Waals surface area contributed by atoms with Crippen LogP contribution < -0.4 is 5.32 Å². The smallest absolute Gasteiger partial charge is 0.257 e. The minimum Gasteiger partial charge on any atom is -0.354 e. The maximum atomic E-state index is 13.6. The first-order valence-corrected chi connectivity index (χ1v) is 9.30. The Morgan fingerprint density at radius 1 is 1.04 bits per heavy atom. The van der Waals surface area contributed by atoms with Crippen LogP contribution in [-0.4, -0.2) is 33.9 Å². The quantitative estimate of drug-likeness (QED) is 0.645. The lowest BCUT2D eigenvalue weighted by Gasteiger charge is -2.20. The maximum Gasteiger partial charge on any atom is 0.257 e. The predicted octanol–water partition coefficient (Wildman–Crippen LogP) is 3.93. The van der Waals surface area contributed by atoms with Crippen LogP contribution in [0.4, 0.5) is 10.3 Å². The molecule has 1 aromatic heterocycles. The molecule has 3 rings (SSSR count). The van der Waals surface area contributed by atoms with Crippen molar-refractivity contribution in [2.24, 2.45) is 0 Å². The third kappa shape index (κ3) is 5.13. The number of benzene rings is 2. The molecule has 28 heavy (non-hydrogen) atoms. The second-order valence-corrected chi connectivity index (χ2v) is 6.37. The molecule has 3 aromatic rings. The summed E-state index contributed by atoms with van der Waals surface area (Å²) in [6, 6.07) is 16.5. The number of rotatable bonds is 8. The maximum absolute atomic E-state index is 13.6. The zero-order valence-corrected chi connectivity index (χ0v) is 15.8. The summed E-state index contributed by atoms with van der Waals surface area (Å²) in [5.41, 5.74) is 2.16. The number of aromatic nitrogens is 2. The van der Waals surface area contributed by atoms with Gasteiger partial charge in [0.1, 0.15) is 5.82 Å². The summed E-state index contributed by atoms with van der Waals surface area (Å²) in [5, 5.41) is 3.06. The molecular weight excluding hydrogens is 355 g/mol. The van der Waals surface area contributed by atoms with Crippen molar-refractivity contribution in [3.05, 3.63) is 89.5 Å². The molecule has 0 unspecified atom stereocenters. The molecule has 0 bridgehead atoms. The number of amides is 1. The Labute approximate surface area is 164 Å². The largest absolute Gasteiger partial charge is 0.354 e. The van der Waals surface area contributed by atoms with Crippen LogP contribution in [0.5, 0.6) is 0 Å². The summed E-state index contributed by atoms with van der Waals surface area (Å²) >= 11 is 0. The molecule has 0 aliphatic carbocycles. The zero-order chi connectivity index (χ0) is 19.8. The van der Waals surface area contributed by atoms with Crippen molar-refractivity contribution < 1.29 is 9.18 Å². The van der Waals surface area contributed by atoms with Gasteiger partial charge in [-0.2, -0.15) is 0 Å². The second-order valence-electron chi connectivity index (χ2n) is 6.37. The van der Waals surface area contributed by atoms with E-state index in [9.17, 15) is 9.18 Å². The van der Waals surface area contributed by atoms with Gasteiger partial charge < -0.3 is 10.2 Å². The van der Waals surface area contributed by atoms with E-state index in [2.05, 4.69) is 15.3 Å². The third-order valence-electron chi connectivity index (χ3n) is 4.42. The van der Waals surface area contributed by atoms with Gasteiger partial charge in [0.15, 0.2) is 0 Å². The number of halogens is 1. The molecule has 0 aliphatic heterocycles. The number of nitrogens with zero attached hydrogens (tertiary/aromatic N) is 3. The molecule has 1 amide bonds. The highest BCUT2D eigenvalue weighted by molar-refractivity contribution is 5.93. The summed E-state index contributed by atoms with van der Waals surface area (Å²) in [5.74, 6) is 0.0903. The summed E-state index contributed by atoms with van der Waals surface area (Å²) < 4.78 is 13.6. The number of carbonyl (C=O) groups excluding carboxylic acids is 1. The molecule has 5 nitrogen and oxygen atoms in total. The Kier molecular flexibility index (Phi) is 6.68. The highest BCUT2D eigenvalue weighted by atomic mass is 19.1.